The van der Waals surface area contributed by atoms with Crippen molar-refractivity contribution in [2.24, 2.45) is 0 Å². The lowest BCUT2D eigenvalue weighted by molar-refractivity contribution is -0.141. The number of aromatic nitrogens is 8. The molecule has 0 bridgehead atoms. The maximum atomic E-state index is 13.8. The molecular weight excluding hydrogens is 536 g/mol. The van der Waals surface area contributed by atoms with Gasteiger partial charge in [0.05, 0.1) is 12.8 Å². The van der Waals surface area contributed by atoms with Crippen LogP contribution in [0.15, 0.2) is 88.5 Å². The minimum atomic E-state index is -0.702. The zero-order chi connectivity index (χ0) is 29.2. The molecule has 1 N–H and O–H groups in total. The number of methoxy groups -OCH3 is 1. The Morgan fingerprint density at radius 1 is 0.905 bits per heavy atom. The first-order valence-corrected chi connectivity index (χ1v) is 13.3. The number of benzene rings is 3. The zero-order valence-electron chi connectivity index (χ0n) is 22.9. The lowest BCUT2D eigenvalue weighted by Crippen LogP contribution is -2.42. The third-order valence-corrected chi connectivity index (χ3v) is 7.09. The van der Waals surface area contributed by atoms with Gasteiger partial charge in [-0.15, -0.1) is 5.10 Å². The molecule has 3 aromatic carbocycles. The van der Waals surface area contributed by atoms with Gasteiger partial charge in [0.2, 0.25) is 0 Å². The van der Waals surface area contributed by atoms with E-state index in [1.54, 1.807) is 24.3 Å². The Morgan fingerprint density at radius 2 is 1.62 bits per heavy atom. The molecular formula is C30H26N8O4. The van der Waals surface area contributed by atoms with E-state index in [9.17, 15) is 14.4 Å². The molecule has 3 aromatic heterocycles. The zero-order valence-corrected chi connectivity index (χ0v) is 22.9. The number of nitrogens with one attached hydrogen (secondary N) is 1. The van der Waals surface area contributed by atoms with Crippen LogP contribution in [-0.4, -0.2) is 52.4 Å². The van der Waals surface area contributed by atoms with E-state index in [1.807, 2.05) is 66.1 Å². The second-order valence-corrected chi connectivity index (χ2v) is 9.55. The van der Waals surface area contributed by atoms with Crippen molar-refractivity contribution in [3.8, 4) is 28.2 Å². The minimum absolute atomic E-state index is 0.228. The highest BCUT2D eigenvalue weighted by Crippen LogP contribution is 2.30. The number of aryl methyl sites for hydroxylation is 1. The number of esters is 1. The summed E-state index contributed by atoms with van der Waals surface area (Å²) in [7, 11) is 1.21. The van der Waals surface area contributed by atoms with Crippen molar-refractivity contribution in [3.63, 3.8) is 0 Å². The van der Waals surface area contributed by atoms with Crippen LogP contribution in [-0.2, 0) is 29.0 Å². The Labute approximate surface area is 238 Å². The standard InChI is InChI=1S/C30H26N8O4/c1-3-24-31-28-26(29(40)37(18-25(39)42-2)30(41)38(28)21-9-5-4-6-10-21)36(24)17-19-13-15-20(16-14-19)22-11-7-8-12-23(22)27-32-34-35-33-27/h4-16H,3,17-18H2,1-2H3,(H,32,33,34,35). The van der Waals surface area contributed by atoms with E-state index in [0.717, 1.165) is 26.8 Å². The summed E-state index contributed by atoms with van der Waals surface area (Å²) >= 11 is 0. The van der Waals surface area contributed by atoms with Crippen LogP contribution >= 0.6 is 0 Å². The summed E-state index contributed by atoms with van der Waals surface area (Å²) in [6, 6.07) is 24.7. The summed E-state index contributed by atoms with van der Waals surface area (Å²) in [5.41, 5.74) is 3.44. The van der Waals surface area contributed by atoms with E-state index in [4.69, 9.17) is 9.72 Å². The Kier molecular flexibility index (Phi) is 7.01. The summed E-state index contributed by atoms with van der Waals surface area (Å²) in [6.07, 6.45) is 0.519. The van der Waals surface area contributed by atoms with Crippen molar-refractivity contribution in [1.82, 2.24) is 39.3 Å². The average Bonchev–Trinajstić information content (AvgIpc) is 3.69. The number of tetrazole rings is 1. The van der Waals surface area contributed by atoms with E-state index >= 15 is 0 Å². The van der Waals surface area contributed by atoms with Crippen LogP contribution < -0.4 is 11.2 Å². The van der Waals surface area contributed by atoms with Crippen molar-refractivity contribution >= 4 is 17.1 Å². The van der Waals surface area contributed by atoms with Gasteiger partial charge in [-0.3, -0.25) is 9.59 Å². The van der Waals surface area contributed by atoms with E-state index in [-0.39, 0.29) is 11.2 Å². The number of fused-ring (bicyclic) bond motifs is 1. The highest BCUT2D eigenvalue weighted by molar-refractivity contribution is 5.80. The molecule has 0 atom stereocenters. The SMILES string of the molecule is CCc1nc2c(c(=O)n(CC(=O)OC)c(=O)n2-c2ccccc2)n1Cc1ccc(-c2ccccc2-c2nnn[nH]2)cc1. The third kappa shape index (κ3) is 4.68. The van der Waals surface area contributed by atoms with Crippen LogP contribution in [0.1, 0.15) is 18.3 Å². The molecule has 0 saturated carbocycles. The molecule has 42 heavy (non-hydrogen) atoms. The van der Waals surface area contributed by atoms with Gasteiger partial charge in [-0.2, -0.15) is 0 Å². The van der Waals surface area contributed by atoms with Gasteiger partial charge in [-0.05, 0) is 39.2 Å². The lowest BCUT2D eigenvalue weighted by Gasteiger charge is -2.13. The normalized spacial score (nSPS) is 11.2. The highest BCUT2D eigenvalue weighted by Gasteiger charge is 2.23. The molecule has 0 unspecified atom stereocenters. The smallest absolute Gasteiger partial charge is 0.337 e. The monoisotopic (exact) mass is 562 g/mol. The van der Waals surface area contributed by atoms with Crippen LogP contribution in [0.4, 0.5) is 0 Å². The minimum Gasteiger partial charge on any atom is -0.468 e. The number of carbonyl (C=O) groups excluding carboxylic acids is 1. The molecule has 0 spiro atoms. The maximum absolute atomic E-state index is 13.8. The Morgan fingerprint density at radius 3 is 2.29 bits per heavy atom. The van der Waals surface area contributed by atoms with Gasteiger partial charge in [0.15, 0.2) is 17.0 Å². The van der Waals surface area contributed by atoms with Gasteiger partial charge < -0.3 is 9.30 Å². The molecule has 0 aliphatic carbocycles. The fourth-order valence-corrected chi connectivity index (χ4v) is 5.05. The molecule has 0 fully saturated rings. The average molecular weight is 563 g/mol. The fraction of sp³-hybridized carbons (Fsp3) is 0.167. The number of nitrogens with zero attached hydrogens (tertiary/aromatic N) is 7. The first-order valence-electron chi connectivity index (χ1n) is 13.3. The highest BCUT2D eigenvalue weighted by atomic mass is 16.5. The number of carbonyl (C=O) groups is 1. The summed E-state index contributed by atoms with van der Waals surface area (Å²) in [6.45, 7) is 1.75. The summed E-state index contributed by atoms with van der Waals surface area (Å²) in [4.78, 5) is 44.3. The second-order valence-electron chi connectivity index (χ2n) is 9.55. The molecule has 3 heterocycles. The molecule has 0 aliphatic rings. The van der Waals surface area contributed by atoms with Crippen LogP contribution in [0.3, 0.4) is 0 Å². The third-order valence-electron chi connectivity index (χ3n) is 7.09. The first kappa shape index (κ1) is 26.6. The first-order chi connectivity index (χ1) is 20.5. The molecule has 6 rings (SSSR count). The van der Waals surface area contributed by atoms with E-state index in [0.29, 0.717) is 30.3 Å². The van der Waals surface area contributed by atoms with Crippen LogP contribution in [0.2, 0.25) is 0 Å². The van der Waals surface area contributed by atoms with Crippen molar-refractivity contribution in [2.45, 2.75) is 26.4 Å². The Bertz CT molecular complexity index is 2010. The predicted octanol–water partition coefficient (Wildman–Crippen LogP) is 2.98. The quantitative estimate of drug-likeness (QED) is 0.279. The van der Waals surface area contributed by atoms with Crippen molar-refractivity contribution in [3.05, 3.63) is 111 Å². The summed E-state index contributed by atoms with van der Waals surface area (Å²) < 4.78 is 8.85. The number of para-hydroxylation sites is 1. The number of rotatable bonds is 8. The topological polar surface area (TPSA) is 143 Å². The summed E-state index contributed by atoms with van der Waals surface area (Å²) in [5, 5.41) is 14.2. The van der Waals surface area contributed by atoms with Gasteiger partial charge in [-0.1, -0.05) is 73.7 Å². The number of hydrogen-bond donors (Lipinski definition) is 1. The van der Waals surface area contributed by atoms with Gasteiger partial charge in [0.25, 0.3) is 5.56 Å². The van der Waals surface area contributed by atoms with Gasteiger partial charge >= 0.3 is 11.7 Å². The number of ether oxygens (including phenoxy) is 1. The van der Waals surface area contributed by atoms with Gasteiger partial charge in [0.1, 0.15) is 12.4 Å². The number of H-pyrrole nitrogens is 1. The van der Waals surface area contributed by atoms with E-state index in [1.165, 1.54) is 11.7 Å². The van der Waals surface area contributed by atoms with Crippen LogP contribution in [0.25, 0.3) is 39.4 Å². The Hall–Kier alpha value is -5.65. The van der Waals surface area contributed by atoms with E-state index in [2.05, 4.69) is 20.6 Å². The number of aromatic amines is 1. The lowest BCUT2D eigenvalue weighted by atomic mass is 9.98. The molecule has 12 heteroatoms. The molecule has 0 amide bonds. The predicted molar refractivity (Wildman–Crippen MR) is 155 cm³/mol. The maximum Gasteiger partial charge on any atom is 0.337 e. The largest absolute Gasteiger partial charge is 0.468 e. The van der Waals surface area contributed by atoms with Crippen molar-refractivity contribution < 1.29 is 9.53 Å². The van der Waals surface area contributed by atoms with Crippen LogP contribution in [0.5, 0.6) is 0 Å². The van der Waals surface area contributed by atoms with E-state index < -0.39 is 23.8 Å². The molecule has 6 aromatic rings. The summed E-state index contributed by atoms with van der Waals surface area (Å²) in [5.74, 6) is 0.501. The Balaban J connectivity index is 1.47. The molecule has 0 aliphatic heterocycles. The number of imidazole rings is 1. The molecule has 12 nitrogen and oxygen atoms in total. The number of hydrogen-bond acceptors (Lipinski definition) is 8. The van der Waals surface area contributed by atoms with Gasteiger partial charge in [0, 0.05) is 18.5 Å². The van der Waals surface area contributed by atoms with Crippen LogP contribution in [0, 0.1) is 0 Å². The molecule has 210 valence electrons. The molecule has 0 radical (unpaired) electrons. The molecule has 0 saturated heterocycles. The van der Waals surface area contributed by atoms with Crippen molar-refractivity contribution in [1.29, 1.82) is 0 Å². The van der Waals surface area contributed by atoms with Crippen molar-refractivity contribution in [2.75, 3.05) is 7.11 Å². The second kappa shape index (κ2) is 11.1. The van der Waals surface area contributed by atoms with Gasteiger partial charge in [-0.25, -0.2) is 24.0 Å². The fourth-order valence-electron chi connectivity index (χ4n) is 5.05.